The predicted octanol–water partition coefficient (Wildman–Crippen LogP) is 3.68. The topological polar surface area (TPSA) is 77.1 Å². The van der Waals surface area contributed by atoms with Crippen LogP contribution in [0.4, 0.5) is 0 Å². The molecule has 4 rings (SSSR count). The Hall–Kier alpha value is -3.19. The summed E-state index contributed by atoms with van der Waals surface area (Å²) in [7, 11) is 0. The van der Waals surface area contributed by atoms with Gasteiger partial charge in [0.2, 0.25) is 0 Å². The molecule has 1 N–H and O–H groups in total. The van der Waals surface area contributed by atoms with Gasteiger partial charge in [-0.05, 0) is 57.2 Å². The molecule has 0 aliphatic rings. The smallest absolute Gasteiger partial charge is 0.251 e. The number of aryl methyl sites for hydroxylation is 1. The highest BCUT2D eigenvalue weighted by molar-refractivity contribution is 6.31. The predicted molar refractivity (Wildman–Crippen MR) is 107 cm³/mol. The largest absolute Gasteiger partial charge is 0.342 e. The number of carbonyl (C=O) groups excluding carboxylic acids is 1. The fourth-order valence-corrected chi connectivity index (χ4v) is 3.25. The number of nitrogens with zero attached hydrogens (tertiary/aromatic N) is 5. The number of aromatic nitrogens is 5. The van der Waals surface area contributed by atoms with Crippen LogP contribution in [0.1, 0.15) is 40.5 Å². The molecule has 0 saturated heterocycles. The lowest BCUT2D eigenvalue weighted by Crippen LogP contribution is -2.28. The molecular weight excluding hydrogens is 376 g/mol. The summed E-state index contributed by atoms with van der Waals surface area (Å²) < 4.78 is 3.63. The average molecular weight is 395 g/mol. The van der Waals surface area contributed by atoms with Gasteiger partial charge in [0.15, 0.2) is 11.5 Å². The van der Waals surface area contributed by atoms with Gasteiger partial charge >= 0.3 is 0 Å². The summed E-state index contributed by atoms with van der Waals surface area (Å²) in [4.78, 5) is 12.6. The third kappa shape index (κ3) is 3.14. The first-order valence-electron chi connectivity index (χ1n) is 8.88. The molecule has 0 aliphatic carbocycles. The first kappa shape index (κ1) is 18.2. The second-order valence-electron chi connectivity index (χ2n) is 6.63. The van der Waals surface area contributed by atoms with Gasteiger partial charge in [-0.2, -0.15) is 5.10 Å². The molecule has 0 aliphatic heterocycles. The van der Waals surface area contributed by atoms with Crippen molar-refractivity contribution >= 4 is 23.2 Å². The Bertz CT molecular complexity index is 1160. The van der Waals surface area contributed by atoms with Gasteiger partial charge < -0.3 is 5.32 Å². The molecule has 28 heavy (non-hydrogen) atoms. The molecule has 0 bridgehead atoms. The van der Waals surface area contributed by atoms with E-state index in [1.807, 2.05) is 61.7 Å². The Labute approximate surface area is 167 Å². The molecule has 0 fully saturated rings. The first-order chi connectivity index (χ1) is 13.5. The Morgan fingerprint density at radius 3 is 2.54 bits per heavy atom. The van der Waals surface area contributed by atoms with Crippen LogP contribution < -0.4 is 5.32 Å². The molecule has 142 valence electrons. The van der Waals surface area contributed by atoms with Crippen molar-refractivity contribution in [1.29, 1.82) is 0 Å². The van der Waals surface area contributed by atoms with E-state index in [1.165, 1.54) is 0 Å². The van der Waals surface area contributed by atoms with Crippen molar-refractivity contribution < 1.29 is 4.79 Å². The van der Waals surface area contributed by atoms with E-state index in [4.69, 9.17) is 11.6 Å². The minimum absolute atomic E-state index is 0.182. The van der Waals surface area contributed by atoms with Crippen molar-refractivity contribution in [2.75, 3.05) is 0 Å². The SMILES string of the molecule is Cc1nn(-c2ccc(C(=O)N[C@@H](C)c3nnc4ccccn34)cc2)c(C)c1Cl. The summed E-state index contributed by atoms with van der Waals surface area (Å²) in [6.07, 6.45) is 1.88. The third-order valence-electron chi connectivity index (χ3n) is 4.65. The Kier molecular flexibility index (Phi) is 4.60. The molecule has 0 unspecified atom stereocenters. The maximum Gasteiger partial charge on any atom is 0.251 e. The number of pyridine rings is 1. The zero-order valence-electron chi connectivity index (χ0n) is 15.7. The van der Waals surface area contributed by atoms with Crippen molar-refractivity contribution in [1.82, 2.24) is 29.7 Å². The van der Waals surface area contributed by atoms with Crippen molar-refractivity contribution in [3.8, 4) is 5.69 Å². The summed E-state index contributed by atoms with van der Waals surface area (Å²) in [6, 6.07) is 12.6. The van der Waals surface area contributed by atoms with Gasteiger partial charge in [0.25, 0.3) is 5.91 Å². The van der Waals surface area contributed by atoms with Crippen LogP contribution in [0, 0.1) is 13.8 Å². The normalized spacial score (nSPS) is 12.3. The van der Waals surface area contributed by atoms with Gasteiger partial charge in [-0.3, -0.25) is 9.20 Å². The van der Waals surface area contributed by atoms with Crippen LogP contribution in [-0.2, 0) is 0 Å². The average Bonchev–Trinajstić information content (AvgIpc) is 3.25. The molecule has 8 heteroatoms. The zero-order chi connectivity index (χ0) is 19.8. The quantitative estimate of drug-likeness (QED) is 0.572. The van der Waals surface area contributed by atoms with Crippen LogP contribution in [0.5, 0.6) is 0 Å². The highest BCUT2D eigenvalue weighted by atomic mass is 35.5. The van der Waals surface area contributed by atoms with Gasteiger partial charge in [0, 0.05) is 11.8 Å². The van der Waals surface area contributed by atoms with Crippen molar-refractivity contribution in [3.63, 3.8) is 0 Å². The van der Waals surface area contributed by atoms with Gasteiger partial charge in [-0.1, -0.05) is 17.7 Å². The Balaban J connectivity index is 1.53. The second-order valence-corrected chi connectivity index (χ2v) is 7.00. The van der Waals surface area contributed by atoms with Crippen LogP contribution >= 0.6 is 11.6 Å². The van der Waals surface area contributed by atoms with Gasteiger partial charge in [-0.15, -0.1) is 10.2 Å². The van der Waals surface area contributed by atoms with Crippen LogP contribution in [-0.4, -0.2) is 30.3 Å². The number of amides is 1. The molecule has 1 aromatic carbocycles. The highest BCUT2D eigenvalue weighted by Gasteiger charge is 2.17. The van der Waals surface area contributed by atoms with Gasteiger partial charge in [-0.25, -0.2) is 4.68 Å². The number of nitrogens with one attached hydrogen (secondary N) is 1. The number of halogens is 1. The number of hydrogen-bond acceptors (Lipinski definition) is 4. The van der Waals surface area contributed by atoms with E-state index in [1.54, 1.807) is 16.8 Å². The number of benzene rings is 1. The lowest BCUT2D eigenvalue weighted by atomic mass is 10.1. The molecular formula is C20H19ClN6O. The van der Waals surface area contributed by atoms with Crippen LogP contribution in [0.25, 0.3) is 11.3 Å². The minimum Gasteiger partial charge on any atom is -0.342 e. The molecule has 3 heterocycles. The summed E-state index contributed by atoms with van der Waals surface area (Å²) in [6.45, 7) is 5.66. The van der Waals surface area contributed by atoms with E-state index in [-0.39, 0.29) is 11.9 Å². The summed E-state index contributed by atoms with van der Waals surface area (Å²) in [5.74, 6) is 0.496. The molecule has 0 saturated carbocycles. The summed E-state index contributed by atoms with van der Waals surface area (Å²) in [5.41, 5.74) is 3.78. The van der Waals surface area contributed by atoms with E-state index in [0.29, 0.717) is 16.4 Å². The minimum atomic E-state index is -0.292. The number of fused-ring (bicyclic) bond motifs is 1. The molecule has 7 nitrogen and oxygen atoms in total. The molecule has 4 aromatic rings. The summed E-state index contributed by atoms with van der Waals surface area (Å²) >= 11 is 6.22. The van der Waals surface area contributed by atoms with E-state index in [0.717, 1.165) is 22.7 Å². The maximum absolute atomic E-state index is 12.6. The fraction of sp³-hybridized carbons (Fsp3) is 0.200. The van der Waals surface area contributed by atoms with E-state index in [9.17, 15) is 4.79 Å². The molecule has 0 radical (unpaired) electrons. The Morgan fingerprint density at radius 1 is 1.11 bits per heavy atom. The van der Waals surface area contributed by atoms with Crippen molar-refractivity contribution in [2.45, 2.75) is 26.8 Å². The van der Waals surface area contributed by atoms with Crippen molar-refractivity contribution in [2.24, 2.45) is 0 Å². The van der Waals surface area contributed by atoms with E-state index < -0.39 is 0 Å². The van der Waals surface area contributed by atoms with E-state index in [2.05, 4.69) is 20.6 Å². The standard InChI is InChI=1S/C20H19ClN6O/c1-12-18(21)14(3)27(25-12)16-9-7-15(8-10-16)20(28)22-13(2)19-24-23-17-6-4-5-11-26(17)19/h4-11,13H,1-3H3,(H,22,28)/t13-/m0/s1. The lowest BCUT2D eigenvalue weighted by molar-refractivity contribution is 0.0938. The van der Waals surface area contributed by atoms with Gasteiger partial charge in [0.05, 0.1) is 28.1 Å². The third-order valence-corrected chi connectivity index (χ3v) is 5.20. The summed E-state index contributed by atoms with van der Waals surface area (Å²) in [5, 5.41) is 16.4. The zero-order valence-corrected chi connectivity index (χ0v) is 16.5. The second kappa shape index (κ2) is 7.09. The molecule has 0 spiro atoms. The van der Waals surface area contributed by atoms with Crippen LogP contribution in [0.2, 0.25) is 5.02 Å². The number of rotatable bonds is 4. The van der Waals surface area contributed by atoms with Gasteiger partial charge in [0.1, 0.15) is 0 Å². The number of hydrogen-bond donors (Lipinski definition) is 1. The lowest BCUT2D eigenvalue weighted by Gasteiger charge is -2.13. The fourth-order valence-electron chi connectivity index (χ4n) is 3.13. The number of carbonyl (C=O) groups is 1. The Morgan fingerprint density at radius 2 is 1.86 bits per heavy atom. The van der Waals surface area contributed by atoms with Crippen LogP contribution in [0.3, 0.4) is 0 Å². The molecule has 3 aromatic heterocycles. The van der Waals surface area contributed by atoms with Crippen molar-refractivity contribution in [3.05, 3.63) is 76.5 Å². The first-order valence-corrected chi connectivity index (χ1v) is 9.26. The molecule has 1 atom stereocenters. The monoisotopic (exact) mass is 394 g/mol. The highest BCUT2D eigenvalue weighted by Crippen LogP contribution is 2.22. The molecule has 1 amide bonds. The maximum atomic E-state index is 12.6. The van der Waals surface area contributed by atoms with Crippen LogP contribution in [0.15, 0.2) is 48.7 Å². The van der Waals surface area contributed by atoms with E-state index >= 15 is 0 Å².